The minimum atomic E-state index is -1.53. The Hall–Kier alpha value is -1.70. The minimum Gasteiger partial charge on any atom is -0.480 e. The molecule has 0 saturated carbocycles. The van der Waals surface area contributed by atoms with Crippen LogP contribution in [0.5, 0.6) is 0 Å². The smallest absolute Gasteiger partial charge is 0.320 e. The molecule has 0 heterocycles. The van der Waals surface area contributed by atoms with Gasteiger partial charge in [0.2, 0.25) is 0 Å². The van der Waals surface area contributed by atoms with Gasteiger partial charge in [-0.3, -0.25) is 9.59 Å². The molecule has 0 aliphatic rings. The van der Waals surface area contributed by atoms with E-state index in [1.165, 1.54) is 12.3 Å². The summed E-state index contributed by atoms with van der Waals surface area (Å²) in [6, 6.07) is -1.31. The van der Waals surface area contributed by atoms with E-state index in [0.717, 1.165) is 0 Å². The van der Waals surface area contributed by atoms with Crippen molar-refractivity contribution >= 4 is 11.9 Å². The van der Waals surface area contributed by atoms with E-state index in [4.69, 9.17) is 15.9 Å². The van der Waals surface area contributed by atoms with Crippen molar-refractivity contribution in [3.05, 3.63) is 24.4 Å². The molecule has 6 N–H and O–H groups in total. The van der Waals surface area contributed by atoms with Crippen molar-refractivity contribution < 1.29 is 24.9 Å². The normalized spacial score (nSPS) is 14.9. The number of aliphatic carboxylic acids is 1. The quantitative estimate of drug-likeness (QED) is 0.340. The molecule has 96 valence electrons. The number of carboxylic acid groups (broad SMARTS) is 1. The number of carbonyl (C=O) groups is 2. The van der Waals surface area contributed by atoms with Crippen molar-refractivity contribution in [1.29, 1.82) is 0 Å². The predicted octanol–water partition coefficient (Wildman–Crippen LogP) is -1.67. The summed E-state index contributed by atoms with van der Waals surface area (Å²) in [5.74, 6) is -2.09. The summed E-state index contributed by atoms with van der Waals surface area (Å²) < 4.78 is 0. The van der Waals surface area contributed by atoms with E-state index in [1.807, 2.05) is 0 Å². The summed E-state index contributed by atoms with van der Waals surface area (Å²) in [6.45, 7) is 3.08. The number of nitrogens with two attached hydrogens (primary N) is 1. The van der Waals surface area contributed by atoms with Crippen LogP contribution >= 0.6 is 0 Å². The molecule has 7 nitrogen and oxygen atoms in total. The highest BCUT2D eigenvalue weighted by atomic mass is 16.4. The molecule has 2 atom stereocenters. The highest BCUT2D eigenvalue weighted by Crippen LogP contribution is 1.98. The van der Waals surface area contributed by atoms with Crippen LogP contribution < -0.4 is 11.1 Å². The first-order valence-corrected chi connectivity index (χ1v) is 4.81. The van der Waals surface area contributed by atoms with Crippen molar-refractivity contribution in [3.8, 4) is 0 Å². The van der Waals surface area contributed by atoms with Gasteiger partial charge < -0.3 is 26.4 Å². The van der Waals surface area contributed by atoms with Gasteiger partial charge in [-0.2, -0.15) is 0 Å². The highest BCUT2D eigenvalue weighted by molar-refractivity contribution is 5.83. The molecule has 7 heteroatoms. The molecular formula is C10H16N2O5. The van der Waals surface area contributed by atoms with Gasteiger partial charge in [-0.15, -0.1) is 0 Å². The fourth-order valence-electron chi connectivity index (χ4n) is 0.878. The molecule has 0 aromatic heterocycles. The van der Waals surface area contributed by atoms with Crippen molar-refractivity contribution in [2.24, 2.45) is 5.73 Å². The third-order valence-electron chi connectivity index (χ3n) is 1.94. The Morgan fingerprint density at radius 1 is 1.47 bits per heavy atom. The number of nitrogens with one attached hydrogen (secondary N) is 1. The van der Waals surface area contributed by atoms with Gasteiger partial charge in [-0.1, -0.05) is 12.7 Å². The molecule has 0 unspecified atom stereocenters. The maximum Gasteiger partial charge on any atom is 0.320 e. The van der Waals surface area contributed by atoms with E-state index in [0.29, 0.717) is 5.57 Å². The first-order chi connectivity index (χ1) is 7.92. The second-order valence-electron chi connectivity index (χ2n) is 3.29. The summed E-state index contributed by atoms with van der Waals surface area (Å²) in [7, 11) is 0. The van der Waals surface area contributed by atoms with E-state index in [-0.39, 0.29) is 6.61 Å². The van der Waals surface area contributed by atoms with Crippen LogP contribution in [0.4, 0.5) is 0 Å². The molecule has 0 fully saturated rings. The number of hydrogen-bond acceptors (Lipinski definition) is 5. The van der Waals surface area contributed by atoms with Gasteiger partial charge in [0, 0.05) is 12.6 Å². The Morgan fingerprint density at radius 3 is 2.47 bits per heavy atom. The summed E-state index contributed by atoms with van der Waals surface area (Å²) in [5, 5.41) is 28.7. The lowest BCUT2D eigenvalue weighted by Gasteiger charge is -2.12. The van der Waals surface area contributed by atoms with Crippen molar-refractivity contribution in [2.75, 3.05) is 6.61 Å². The highest BCUT2D eigenvalue weighted by Gasteiger charge is 2.21. The zero-order valence-corrected chi connectivity index (χ0v) is 9.17. The lowest BCUT2D eigenvalue weighted by Crippen LogP contribution is -2.40. The number of aliphatic hydroxyl groups is 2. The molecule has 17 heavy (non-hydrogen) atoms. The van der Waals surface area contributed by atoms with Crippen molar-refractivity contribution in [3.63, 3.8) is 0 Å². The Morgan fingerprint density at radius 2 is 2.06 bits per heavy atom. The third-order valence-corrected chi connectivity index (χ3v) is 1.94. The lowest BCUT2D eigenvalue weighted by molar-refractivity contribution is -0.140. The first kappa shape index (κ1) is 15.3. The molecule has 0 saturated heterocycles. The molecule has 0 radical (unpaired) electrons. The first-order valence-electron chi connectivity index (χ1n) is 4.81. The van der Waals surface area contributed by atoms with Crippen LogP contribution in [0.25, 0.3) is 0 Å². The number of amides is 1. The van der Waals surface area contributed by atoms with Gasteiger partial charge in [0.05, 0.1) is 6.61 Å². The Labute approximate surface area is 98.2 Å². The van der Waals surface area contributed by atoms with E-state index < -0.39 is 30.4 Å². The standard InChI is InChI=1S/C10H16N2O5/c1-2-6(5-13)4-12-9(15)8(14)3-7(11)10(16)17/h2,4,7-8,13-14H,1,3,5,11H2,(H,12,15)(H,16,17)/t7-,8+/m0/s1. The van der Waals surface area contributed by atoms with Crippen molar-refractivity contribution in [1.82, 2.24) is 5.32 Å². The Kier molecular flexibility index (Phi) is 6.80. The summed E-state index contributed by atoms with van der Waals surface area (Å²) in [5.41, 5.74) is 5.51. The van der Waals surface area contributed by atoms with Crippen LogP contribution in [0, 0.1) is 0 Å². The largest absolute Gasteiger partial charge is 0.480 e. The lowest BCUT2D eigenvalue weighted by atomic mass is 10.1. The van der Waals surface area contributed by atoms with Gasteiger partial charge >= 0.3 is 5.97 Å². The average molecular weight is 244 g/mol. The molecule has 0 aromatic rings. The maximum absolute atomic E-state index is 11.3. The molecule has 0 rings (SSSR count). The van der Waals surface area contributed by atoms with Crippen LogP contribution in [-0.4, -0.2) is 45.9 Å². The number of carbonyl (C=O) groups excluding carboxylic acids is 1. The summed E-state index contributed by atoms with van der Waals surface area (Å²) in [6.07, 6.45) is 0.583. The molecule has 0 aliphatic carbocycles. The number of carboxylic acids is 1. The fourth-order valence-corrected chi connectivity index (χ4v) is 0.878. The molecule has 0 spiro atoms. The van der Waals surface area contributed by atoms with Crippen LogP contribution in [0.15, 0.2) is 24.4 Å². The molecular weight excluding hydrogens is 228 g/mol. The predicted molar refractivity (Wildman–Crippen MR) is 59.7 cm³/mol. The third kappa shape index (κ3) is 5.81. The molecule has 0 aromatic carbocycles. The Bertz CT molecular complexity index is 327. The maximum atomic E-state index is 11.3. The second-order valence-corrected chi connectivity index (χ2v) is 3.29. The zero-order chi connectivity index (χ0) is 13.4. The van der Waals surface area contributed by atoms with Gasteiger partial charge in [0.15, 0.2) is 0 Å². The second kappa shape index (κ2) is 7.55. The van der Waals surface area contributed by atoms with Gasteiger partial charge in [-0.05, 0) is 5.57 Å². The monoisotopic (exact) mass is 244 g/mol. The van der Waals surface area contributed by atoms with Gasteiger partial charge in [0.1, 0.15) is 12.1 Å². The van der Waals surface area contributed by atoms with E-state index >= 15 is 0 Å². The zero-order valence-electron chi connectivity index (χ0n) is 9.17. The number of rotatable bonds is 7. The SMILES string of the molecule is C=CC(=CNC(=O)[C@H](O)C[C@H](N)C(=O)O)CO. The number of aliphatic hydroxyl groups excluding tert-OH is 2. The minimum absolute atomic E-state index is 0.311. The van der Waals surface area contributed by atoms with Gasteiger partial charge in [-0.25, -0.2) is 0 Å². The van der Waals surface area contributed by atoms with Crippen LogP contribution in [0.3, 0.4) is 0 Å². The van der Waals surface area contributed by atoms with Gasteiger partial charge in [0.25, 0.3) is 5.91 Å². The summed E-state index contributed by atoms with van der Waals surface area (Å²) >= 11 is 0. The van der Waals surface area contributed by atoms with E-state index in [2.05, 4.69) is 11.9 Å². The average Bonchev–Trinajstić information content (AvgIpc) is 2.29. The van der Waals surface area contributed by atoms with E-state index in [1.54, 1.807) is 0 Å². The summed E-state index contributed by atoms with van der Waals surface area (Å²) in [4.78, 5) is 21.7. The Balaban J connectivity index is 4.28. The van der Waals surface area contributed by atoms with Crippen LogP contribution in [-0.2, 0) is 9.59 Å². The van der Waals surface area contributed by atoms with E-state index in [9.17, 15) is 14.7 Å². The topological polar surface area (TPSA) is 133 Å². The van der Waals surface area contributed by atoms with Crippen LogP contribution in [0.1, 0.15) is 6.42 Å². The van der Waals surface area contributed by atoms with Crippen molar-refractivity contribution in [2.45, 2.75) is 18.6 Å². The molecule has 0 bridgehead atoms. The number of hydrogen-bond donors (Lipinski definition) is 5. The van der Waals surface area contributed by atoms with Crippen LogP contribution in [0.2, 0.25) is 0 Å². The fraction of sp³-hybridized carbons (Fsp3) is 0.400. The molecule has 1 amide bonds. The molecule has 0 aliphatic heterocycles.